The highest BCUT2D eigenvalue weighted by molar-refractivity contribution is 5.92. The van der Waals surface area contributed by atoms with E-state index in [4.69, 9.17) is 0 Å². The van der Waals surface area contributed by atoms with Crippen molar-refractivity contribution in [3.8, 4) is 0 Å². The molecule has 3 rings (SSSR count). The van der Waals surface area contributed by atoms with Crippen molar-refractivity contribution in [3.05, 3.63) is 89.5 Å². The van der Waals surface area contributed by atoms with Crippen molar-refractivity contribution in [2.75, 3.05) is 4.90 Å². The molecule has 0 bridgehead atoms. The van der Waals surface area contributed by atoms with E-state index in [1.54, 1.807) is 24.4 Å². The minimum Gasteiger partial charge on any atom is -0.347 e. The average molecular weight is 378 g/mol. The fourth-order valence-corrected chi connectivity index (χ4v) is 2.75. The predicted octanol–water partition coefficient (Wildman–Crippen LogP) is 3.96. The number of amides is 1. The molecule has 0 radical (unpaired) electrons. The van der Waals surface area contributed by atoms with Crippen LogP contribution in [0.2, 0.25) is 0 Å². The van der Waals surface area contributed by atoms with E-state index >= 15 is 0 Å². The average Bonchev–Trinajstić information content (AvgIpc) is 2.72. The summed E-state index contributed by atoms with van der Waals surface area (Å²) in [6.07, 6.45) is 1.59. The second-order valence-corrected chi connectivity index (χ2v) is 6.76. The largest absolute Gasteiger partial charge is 0.347 e. The van der Waals surface area contributed by atoms with Gasteiger partial charge >= 0.3 is 0 Å². The lowest BCUT2D eigenvalue weighted by atomic mass is 10.2. The van der Waals surface area contributed by atoms with E-state index in [1.807, 2.05) is 23.1 Å². The van der Waals surface area contributed by atoms with Crippen molar-refractivity contribution in [2.24, 2.45) is 0 Å². The summed E-state index contributed by atoms with van der Waals surface area (Å²) in [6, 6.07) is 17.8. The summed E-state index contributed by atoms with van der Waals surface area (Å²) in [7, 11) is 0. The zero-order chi connectivity index (χ0) is 19.9. The molecule has 1 amide bonds. The molecule has 0 atom stereocenters. The Morgan fingerprint density at radius 2 is 1.75 bits per heavy atom. The lowest BCUT2D eigenvalue weighted by molar-refractivity contribution is 0.0945. The molecule has 28 heavy (non-hydrogen) atoms. The van der Waals surface area contributed by atoms with E-state index in [-0.39, 0.29) is 17.8 Å². The Balaban J connectivity index is 1.72. The zero-order valence-corrected chi connectivity index (χ0v) is 16.0. The number of nitrogens with zero attached hydrogens (tertiary/aromatic N) is 3. The molecule has 0 aliphatic rings. The lowest BCUT2D eigenvalue weighted by Crippen LogP contribution is -2.32. The Kier molecular flexibility index (Phi) is 6.32. The van der Waals surface area contributed by atoms with Crippen molar-refractivity contribution in [1.29, 1.82) is 0 Å². The van der Waals surface area contributed by atoms with Crippen LogP contribution < -0.4 is 10.2 Å². The van der Waals surface area contributed by atoms with E-state index < -0.39 is 0 Å². The van der Waals surface area contributed by atoms with Gasteiger partial charge in [0.2, 0.25) is 5.95 Å². The maximum Gasteiger partial charge on any atom is 0.270 e. The number of carbonyl (C=O) groups excluding carboxylic acids is 1. The predicted molar refractivity (Wildman–Crippen MR) is 107 cm³/mol. The smallest absolute Gasteiger partial charge is 0.270 e. The Morgan fingerprint density at radius 3 is 2.43 bits per heavy atom. The Morgan fingerprint density at radius 1 is 1.04 bits per heavy atom. The molecule has 1 heterocycles. The molecule has 0 aliphatic carbocycles. The number of halogens is 1. The van der Waals surface area contributed by atoms with E-state index in [0.29, 0.717) is 24.7 Å². The van der Waals surface area contributed by atoms with Gasteiger partial charge in [0, 0.05) is 25.3 Å². The highest BCUT2D eigenvalue weighted by Crippen LogP contribution is 2.16. The molecule has 0 fully saturated rings. The Bertz CT molecular complexity index is 913. The van der Waals surface area contributed by atoms with Gasteiger partial charge in [-0.1, -0.05) is 42.5 Å². The van der Waals surface area contributed by atoms with Gasteiger partial charge in [0.05, 0.1) is 0 Å². The van der Waals surface area contributed by atoms with Crippen LogP contribution in [0.15, 0.2) is 66.9 Å². The standard InChI is InChI=1S/C22H23FN4O/c1-16(2)27(15-18-6-4-3-5-7-18)22-24-13-12-20(26-22)21(28)25-14-17-8-10-19(23)11-9-17/h3-13,16H,14-15H2,1-2H3,(H,25,28). The number of aromatic nitrogens is 2. The molecule has 6 heteroatoms. The van der Waals surface area contributed by atoms with Crippen LogP contribution in [0.5, 0.6) is 0 Å². The van der Waals surface area contributed by atoms with Gasteiger partial charge in [0.25, 0.3) is 5.91 Å². The summed E-state index contributed by atoms with van der Waals surface area (Å²) < 4.78 is 13.0. The maximum absolute atomic E-state index is 13.0. The molecular formula is C22H23FN4O. The van der Waals surface area contributed by atoms with Crippen molar-refractivity contribution >= 4 is 11.9 Å². The van der Waals surface area contributed by atoms with Crippen LogP contribution in [0, 0.1) is 5.82 Å². The molecule has 0 unspecified atom stereocenters. The molecule has 144 valence electrons. The molecule has 1 aromatic heterocycles. The highest BCUT2D eigenvalue weighted by atomic mass is 19.1. The monoisotopic (exact) mass is 378 g/mol. The van der Waals surface area contributed by atoms with Crippen LogP contribution in [-0.4, -0.2) is 21.9 Å². The van der Waals surface area contributed by atoms with Crippen molar-refractivity contribution in [2.45, 2.75) is 33.0 Å². The normalized spacial score (nSPS) is 10.7. The van der Waals surface area contributed by atoms with Gasteiger partial charge in [0.15, 0.2) is 0 Å². The van der Waals surface area contributed by atoms with Crippen molar-refractivity contribution in [3.63, 3.8) is 0 Å². The number of nitrogens with one attached hydrogen (secondary N) is 1. The number of rotatable bonds is 7. The van der Waals surface area contributed by atoms with Crippen LogP contribution in [0.25, 0.3) is 0 Å². The van der Waals surface area contributed by atoms with Crippen LogP contribution in [-0.2, 0) is 13.1 Å². The van der Waals surface area contributed by atoms with Crippen molar-refractivity contribution < 1.29 is 9.18 Å². The van der Waals surface area contributed by atoms with Gasteiger partial charge in [-0.25, -0.2) is 14.4 Å². The second kappa shape index (κ2) is 9.08. The van der Waals surface area contributed by atoms with Gasteiger partial charge in [0.1, 0.15) is 11.5 Å². The third kappa shape index (κ3) is 5.13. The Labute approximate surface area is 164 Å². The molecular weight excluding hydrogens is 355 g/mol. The first-order chi connectivity index (χ1) is 13.5. The second-order valence-electron chi connectivity index (χ2n) is 6.76. The Hall–Kier alpha value is -3.28. The van der Waals surface area contributed by atoms with E-state index in [1.165, 1.54) is 12.1 Å². The fraction of sp³-hybridized carbons (Fsp3) is 0.227. The minimum atomic E-state index is -0.303. The minimum absolute atomic E-state index is 0.165. The van der Waals surface area contributed by atoms with Gasteiger partial charge in [-0.15, -0.1) is 0 Å². The summed E-state index contributed by atoms with van der Waals surface area (Å²) >= 11 is 0. The van der Waals surface area contributed by atoms with Gasteiger partial charge in [-0.05, 0) is 43.2 Å². The molecule has 2 aromatic carbocycles. The zero-order valence-electron chi connectivity index (χ0n) is 16.0. The maximum atomic E-state index is 13.0. The highest BCUT2D eigenvalue weighted by Gasteiger charge is 2.16. The number of hydrogen-bond acceptors (Lipinski definition) is 4. The first-order valence-corrected chi connectivity index (χ1v) is 9.19. The number of anilines is 1. The molecule has 0 aliphatic heterocycles. The van der Waals surface area contributed by atoms with E-state index in [2.05, 4.69) is 41.3 Å². The van der Waals surface area contributed by atoms with Crippen LogP contribution in [0.4, 0.5) is 10.3 Å². The number of benzene rings is 2. The van der Waals surface area contributed by atoms with Gasteiger partial charge in [-0.3, -0.25) is 4.79 Å². The summed E-state index contributed by atoms with van der Waals surface area (Å²) in [6.45, 7) is 5.08. The molecule has 0 saturated heterocycles. The first kappa shape index (κ1) is 19.5. The third-order valence-corrected chi connectivity index (χ3v) is 4.32. The summed E-state index contributed by atoms with van der Waals surface area (Å²) in [5.74, 6) is -0.0904. The van der Waals surface area contributed by atoms with Gasteiger partial charge < -0.3 is 10.2 Å². The third-order valence-electron chi connectivity index (χ3n) is 4.32. The first-order valence-electron chi connectivity index (χ1n) is 9.19. The number of hydrogen-bond donors (Lipinski definition) is 1. The van der Waals surface area contributed by atoms with E-state index in [9.17, 15) is 9.18 Å². The lowest BCUT2D eigenvalue weighted by Gasteiger charge is -2.27. The molecule has 3 aromatic rings. The quantitative estimate of drug-likeness (QED) is 0.676. The molecule has 1 N–H and O–H groups in total. The molecule has 0 saturated carbocycles. The summed E-state index contributed by atoms with van der Waals surface area (Å²) in [5.41, 5.74) is 2.26. The topological polar surface area (TPSA) is 58.1 Å². The number of carbonyl (C=O) groups is 1. The SMILES string of the molecule is CC(C)N(Cc1ccccc1)c1nccc(C(=O)NCc2ccc(F)cc2)n1. The summed E-state index contributed by atoms with van der Waals surface area (Å²) in [5, 5.41) is 2.81. The van der Waals surface area contributed by atoms with E-state index in [0.717, 1.165) is 11.1 Å². The molecule has 5 nitrogen and oxygen atoms in total. The van der Waals surface area contributed by atoms with Crippen molar-refractivity contribution in [1.82, 2.24) is 15.3 Å². The molecule has 0 spiro atoms. The fourth-order valence-electron chi connectivity index (χ4n) is 2.75. The van der Waals surface area contributed by atoms with Crippen LogP contribution in [0.3, 0.4) is 0 Å². The van der Waals surface area contributed by atoms with Gasteiger partial charge in [-0.2, -0.15) is 0 Å². The summed E-state index contributed by atoms with van der Waals surface area (Å²) in [4.78, 5) is 23.4. The van der Waals surface area contributed by atoms with Crippen LogP contribution >= 0.6 is 0 Å². The van der Waals surface area contributed by atoms with Crippen LogP contribution in [0.1, 0.15) is 35.5 Å².